The van der Waals surface area contributed by atoms with Crippen LogP contribution >= 0.6 is 0 Å². The van der Waals surface area contributed by atoms with Crippen molar-refractivity contribution in [1.29, 1.82) is 0 Å². The Hall–Kier alpha value is -1.05. The maximum atomic E-state index is 4.80. The van der Waals surface area contributed by atoms with E-state index < -0.39 is 0 Å². The van der Waals surface area contributed by atoms with Crippen LogP contribution in [0, 0.1) is 11.8 Å². The van der Waals surface area contributed by atoms with Crippen molar-refractivity contribution in [2.24, 2.45) is 11.8 Å². The standard InChI is InChI=1S/C21H36N2/c1-4-17(3)16-18(5-2)10-7-6-8-12-20-14-13-19-11-9-15-22-21(19)23-20/h13-14,17-18H,4-12,15-16H2,1-3H3,(H,22,23). The quantitative estimate of drug-likeness (QED) is 0.535. The van der Waals surface area contributed by atoms with Gasteiger partial charge in [-0.15, -0.1) is 0 Å². The van der Waals surface area contributed by atoms with Crippen LogP contribution in [0.2, 0.25) is 0 Å². The first-order valence-electron chi connectivity index (χ1n) is 9.95. The molecule has 1 aliphatic rings. The Morgan fingerprint density at radius 2 is 2.00 bits per heavy atom. The van der Waals surface area contributed by atoms with Crippen LogP contribution in [-0.4, -0.2) is 11.5 Å². The topological polar surface area (TPSA) is 24.9 Å². The van der Waals surface area contributed by atoms with Crippen molar-refractivity contribution < 1.29 is 0 Å². The van der Waals surface area contributed by atoms with E-state index in [1.165, 1.54) is 69.0 Å². The molecule has 0 radical (unpaired) electrons. The summed E-state index contributed by atoms with van der Waals surface area (Å²) in [4.78, 5) is 4.80. The predicted molar refractivity (Wildman–Crippen MR) is 101 cm³/mol. The Labute approximate surface area is 143 Å². The van der Waals surface area contributed by atoms with Gasteiger partial charge in [-0.25, -0.2) is 4.98 Å². The van der Waals surface area contributed by atoms with E-state index in [2.05, 4.69) is 38.2 Å². The summed E-state index contributed by atoms with van der Waals surface area (Å²) in [6.07, 6.45) is 13.1. The number of hydrogen-bond acceptors (Lipinski definition) is 2. The number of fused-ring (bicyclic) bond motifs is 1. The summed E-state index contributed by atoms with van der Waals surface area (Å²) in [6, 6.07) is 4.52. The molecule has 2 heterocycles. The Bertz CT molecular complexity index is 455. The lowest BCUT2D eigenvalue weighted by atomic mass is 9.88. The first kappa shape index (κ1) is 18.3. The Morgan fingerprint density at radius 1 is 1.13 bits per heavy atom. The maximum absolute atomic E-state index is 4.80. The first-order chi connectivity index (χ1) is 11.2. The van der Waals surface area contributed by atoms with E-state index in [1.807, 2.05) is 0 Å². The lowest BCUT2D eigenvalue weighted by molar-refractivity contribution is 0.343. The van der Waals surface area contributed by atoms with Gasteiger partial charge >= 0.3 is 0 Å². The van der Waals surface area contributed by atoms with E-state index in [1.54, 1.807) is 0 Å². The van der Waals surface area contributed by atoms with Crippen LogP contribution < -0.4 is 5.32 Å². The molecule has 0 fully saturated rings. The molecule has 0 aromatic carbocycles. The number of aryl methyl sites for hydroxylation is 2. The van der Waals surface area contributed by atoms with Crippen LogP contribution in [-0.2, 0) is 12.8 Å². The van der Waals surface area contributed by atoms with E-state index in [4.69, 9.17) is 4.98 Å². The fourth-order valence-electron chi connectivity index (χ4n) is 3.65. The summed E-state index contributed by atoms with van der Waals surface area (Å²) in [5.74, 6) is 2.98. The van der Waals surface area contributed by atoms with Gasteiger partial charge in [-0.1, -0.05) is 58.9 Å². The highest BCUT2D eigenvalue weighted by molar-refractivity contribution is 5.46. The molecule has 2 atom stereocenters. The zero-order valence-corrected chi connectivity index (χ0v) is 15.5. The van der Waals surface area contributed by atoms with Gasteiger partial charge in [0.2, 0.25) is 0 Å². The molecule has 1 N–H and O–H groups in total. The predicted octanol–water partition coefficient (Wildman–Crippen LogP) is 6.01. The van der Waals surface area contributed by atoms with Crippen molar-refractivity contribution in [2.45, 2.75) is 85.0 Å². The van der Waals surface area contributed by atoms with E-state index in [-0.39, 0.29) is 0 Å². The van der Waals surface area contributed by atoms with Crippen LogP contribution in [0.4, 0.5) is 5.82 Å². The summed E-state index contributed by atoms with van der Waals surface area (Å²) in [7, 11) is 0. The SMILES string of the molecule is CCC(C)CC(CC)CCCCCc1ccc2c(n1)NCCC2. The minimum atomic E-state index is 0.896. The van der Waals surface area contributed by atoms with Gasteiger partial charge in [0.25, 0.3) is 0 Å². The first-order valence-corrected chi connectivity index (χ1v) is 9.95. The molecular formula is C21H36N2. The summed E-state index contributed by atoms with van der Waals surface area (Å²) in [5, 5.41) is 3.44. The second kappa shape index (κ2) is 9.95. The molecule has 2 nitrogen and oxygen atoms in total. The van der Waals surface area contributed by atoms with Crippen LogP contribution in [0.1, 0.15) is 83.4 Å². The summed E-state index contributed by atoms with van der Waals surface area (Å²) in [6.45, 7) is 8.16. The monoisotopic (exact) mass is 316 g/mol. The number of nitrogens with zero attached hydrogens (tertiary/aromatic N) is 1. The molecule has 0 amide bonds. The summed E-state index contributed by atoms with van der Waals surface area (Å²) < 4.78 is 0. The lowest BCUT2D eigenvalue weighted by Crippen LogP contribution is -2.14. The molecule has 0 saturated heterocycles. The van der Waals surface area contributed by atoms with Gasteiger partial charge in [0.15, 0.2) is 0 Å². The number of rotatable bonds is 10. The minimum absolute atomic E-state index is 0.896. The van der Waals surface area contributed by atoms with Crippen LogP contribution in [0.15, 0.2) is 12.1 Å². The van der Waals surface area contributed by atoms with Gasteiger partial charge in [0.1, 0.15) is 5.82 Å². The molecule has 1 aliphatic heterocycles. The third kappa shape index (κ3) is 6.16. The van der Waals surface area contributed by atoms with Gasteiger partial charge in [0.05, 0.1) is 0 Å². The highest BCUT2D eigenvalue weighted by Gasteiger charge is 2.11. The largest absolute Gasteiger partial charge is 0.370 e. The Morgan fingerprint density at radius 3 is 2.78 bits per heavy atom. The van der Waals surface area contributed by atoms with Gasteiger partial charge < -0.3 is 5.32 Å². The van der Waals surface area contributed by atoms with Crippen molar-refractivity contribution in [3.63, 3.8) is 0 Å². The van der Waals surface area contributed by atoms with E-state index in [9.17, 15) is 0 Å². The number of hydrogen-bond donors (Lipinski definition) is 1. The van der Waals surface area contributed by atoms with Crippen molar-refractivity contribution in [2.75, 3.05) is 11.9 Å². The van der Waals surface area contributed by atoms with E-state index >= 15 is 0 Å². The molecule has 2 heteroatoms. The number of anilines is 1. The summed E-state index contributed by atoms with van der Waals surface area (Å²) in [5.41, 5.74) is 2.67. The zero-order valence-electron chi connectivity index (χ0n) is 15.5. The van der Waals surface area contributed by atoms with Crippen molar-refractivity contribution in [1.82, 2.24) is 4.98 Å². The molecule has 0 saturated carbocycles. The fraction of sp³-hybridized carbons (Fsp3) is 0.762. The van der Waals surface area contributed by atoms with Crippen LogP contribution in [0.5, 0.6) is 0 Å². The normalized spacial score (nSPS) is 16.5. The maximum Gasteiger partial charge on any atom is 0.129 e. The third-order valence-electron chi connectivity index (χ3n) is 5.51. The molecule has 0 spiro atoms. The highest BCUT2D eigenvalue weighted by Crippen LogP contribution is 2.24. The second-order valence-corrected chi connectivity index (χ2v) is 7.46. The number of aromatic nitrogens is 1. The highest BCUT2D eigenvalue weighted by atomic mass is 15.0. The second-order valence-electron chi connectivity index (χ2n) is 7.46. The average molecular weight is 317 g/mol. The van der Waals surface area contributed by atoms with Gasteiger partial charge in [0, 0.05) is 12.2 Å². The number of nitrogens with one attached hydrogen (secondary N) is 1. The molecule has 1 aromatic rings. The minimum Gasteiger partial charge on any atom is -0.370 e. The smallest absolute Gasteiger partial charge is 0.129 e. The Balaban J connectivity index is 1.65. The number of pyridine rings is 1. The van der Waals surface area contributed by atoms with Gasteiger partial charge in [-0.05, 0) is 55.6 Å². The molecule has 1 aromatic heterocycles. The van der Waals surface area contributed by atoms with Crippen molar-refractivity contribution >= 4 is 5.82 Å². The molecule has 2 rings (SSSR count). The molecular weight excluding hydrogens is 280 g/mol. The fourth-order valence-corrected chi connectivity index (χ4v) is 3.65. The number of unbranched alkanes of at least 4 members (excludes halogenated alkanes) is 2. The lowest BCUT2D eigenvalue weighted by Gasteiger charge is -2.19. The van der Waals surface area contributed by atoms with Crippen molar-refractivity contribution in [3.8, 4) is 0 Å². The zero-order chi connectivity index (χ0) is 16.5. The molecule has 0 bridgehead atoms. The van der Waals surface area contributed by atoms with Gasteiger partial charge in [-0.2, -0.15) is 0 Å². The van der Waals surface area contributed by atoms with Crippen LogP contribution in [0.3, 0.4) is 0 Å². The van der Waals surface area contributed by atoms with Gasteiger partial charge in [-0.3, -0.25) is 0 Å². The molecule has 0 aliphatic carbocycles. The molecule has 23 heavy (non-hydrogen) atoms. The van der Waals surface area contributed by atoms with E-state index in [0.29, 0.717) is 0 Å². The molecule has 130 valence electrons. The third-order valence-corrected chi connectivity index (χ3v) is 5.51. The summed E-state index contributed by atoms with van der Waals surface area (Å²) >= 11 is 0. The Kier molecular flexibility index (Phi) is 7.91. The van der Waals surface area contributed by atoms with Crippen LogP contribution in [0.25, 0.3) is 0 Å². The van der Waals surface area contributed by atoms with Crippen molar-refractivity contribution in [3.05, 3.63) is 23.4 Å². The molecule has 2 unspecified atom stereocenters. The van der Waals surface area contributed by atoms with E-state index in [0.717, 1.165) is 30.6 Å². The average Bonchev–Trinajstić information content (AvgIpc) is 2.60.